The molecular weight excluding hydrogens is 555 g/mol. The lowest BCUT2D eigenvalue weighted by Crippen LogP contribution is -2.40. The molecule has 0 fully saturated rings. The number of benzene rings is 3. The number of hydrogen-bond acceptors (Lipinski definition) is 7. The second kappa shape index (κ2) is 12.6. The Morgan fingerprint density at radius 3 is 2.48 bits per heavy atom. The summed E-state index contributed by atoms with van der Waals surface area (Å²) < 4.78 is 32.5. The van der Waals surface area contributed by atoms with Crippen LogP contribution >= 0.6 is 11.3 Å². The van der Waals surface area contributed by atoms with Crippen molar-refractivity contribution in [3.05, 3.63) is 126 Å². The molecule has 2 heterocycles. The third-order valence-electron chi connectivity index (χ3n) is 6.59. The summed E-state index contributed by atoms with van der Waals surface area (Å²) in [6.07, 6.45) is 1.69. The van der Waals surface area contributed by atoms with Gasteiger partial charge >= 0.3 is 5.97 Å². The van der Waals surface area contributed by atoms with Crippen LogP contribution in [-0.2, 0) is 16.1 Å². The van der Waals surface area contributed by atoms with Gasteiger partial charge in [-0.3, -0.25) is 9.36 Å². The SMILES string of the molecule is CCOC(=O)C1=C(C)N=c2s/c(=C/c3ccc(OCc4ccc(F)cc4)cc3)c(=O)n2[C@H]1c1ccccc1OC(C)C. The van der Waals surface area contributed by atoms with Crippen LogP contribution in [0.1, 0.15) is 50.4 Å². The number of halogens is 1. The Bertz CT molecular complexity index is 1800. The first-order chi connectivity index (χ1) is 20.2. The molecule has 0 radical (unpaired) electrons. The minimum absolute atomic E-state index is 0.110. The largest absolute Gasteiger partial charge is 0.491 e. The molecule has 1 aliphatic rings. The number of hydrogen-bond donors (Lipinski definition) is 0. The van der Waals surface area contributed by atoms with Gasteiger partial charge in [0.15, 0.2) is 4.80 Å². The van der Waals surface area contributed by atoms with Gasteiger partial charge in [0.2, 0.25) is 0 Å². The topological polar surface area (TPSA) is 79.1 Å². The van der Waals surface area contributed by atoms with Crippen molar-refractivity contribution in [1.82, 2.24) is 4.57 Å². The maximum absolute atomic E-state index is 13.9. The number of carbonyl (C=O) groups is 1. The fraction of sp³-hybridized carbons (Fsp3) is 0.242. The van der Waals surface area contributed by atoms with E-state index in [0.717, 1.165) is 11.1 Å². The van der Waals surface area contributed by atoms with Crippen LogP contribution in [0.3, 0.4) is 0 Å². The van der Waals surface area contributed by atoms with E-state index in [1.54, 1.807) is 36.6 Å². The van der Waals surface area contributed by atoms with Crippen LogP contribution in [0, 0.1) is 5.82 Å². The number of nitrogens with zero attached hydrogens (tertiary/aromatic N) is 2. The van der Waals surface area contributed by atoms with Crippen LogP contribution in [0.25, 0.3) is 6.08 Å². The smallest absolute Gasteiger partial charge is 0.338 e. The molecular formula is C33H31FN2O5S. The van der Waals surface area contributed by atoms with Crippen molar-refractivity contribution in [2.45, 2.75) is 46.4 Å². The molecule has 42 heavy (non-hydrogen) atoms. The molecule has 0 saturated heterocycles. The maximum atomic E-state index is 13.9. The number of ether oxygens (including phenoxy) is 3. The lowest BCUT2D eigenvalue weighted by molar-refractivity contribution is -0.139. The van der Waals surface area contributed by atoms with Gasteiger partial charge in [-0.1, -0.05) is 53.8 Å². The normalized spacial score (nSPS) is 14.9. The van der Waals surface area contributed by atoms with E-state index < -0.39 is 12.0 Å². The summed E-state index contributed by atoms with van der Waals surface area (Å²) in [6, 6.07) is 20.2. The summed E-state index contributed by atoms with van der Waals surface area (Å²) in [5.74, 6) is 0.419. The van der Waals surface area contributed by atoms with Gasteiger partial charge in [-0.2, -0.15) is 0 Å². The molecule has 0 N–H and O–H groups in total. The second-order valence-corrected chi connectivity index (χ2v) is 11.0. The Balaban J connectivity index is 1.52. The highest BCUT2D eigenvalue weighted by Gasteiger charge is 2.35. The minimum atomic E-state index is -0.764. The molecule has 1 atom stereocenters. The van der Waals surface area contributed by atoms with Crippen molar-refractivity contribution in [3.63, 3.8) is 0 Å². The van der Waals surface area contributed by atoms with Crippen LogP contribution in [0.5, 0.6) is 11.5 Å². The summed E-state index contributed by atoms with van der Waals surface area (Å²) >= 11 is 1.26. The van der Waals surface area contributed by atoms with Crippen LogP contribution < -0.4 is 24.4 Å². The maximum Gasteiger partial charge on any atom is 0.338 e. The highest BCUT2D eigenvalue weighted by Crippen LogP contribution is 2.36. The van der Waals surface area contributed by atoms with E-state index >= 15 is 0 Å². The summed E-state index contributed by atoms with van der Waals surface area (Å²) in [5, 5.41) is 0. The number of carbonyl (C=O) groups excluding carboxylic acids is 1. The molecule has 0 bridgehead atoms. The first kappa shape index (κ1) is 29.0. The average molecular weight is 587 g/mol. The Morgan fingerprint density at radius 1 is 1.07 bits per heavy atom. The van der Waals surface area contributed by atoms with E-state index in [1.165, 1.54) is 23.5 Å². The van der Waals surface area contributed by atoms with Gasteiger partial charge in [0.1, 0.15) is 30.0 Å². The summed E-state index contributed by atoms with van der Waals surface area (Å²) in [5.41, 5.74) is 2.87. The van der Waals surface area contributed by atoms with Crippen LogP contribution in [0.4, 0.5) is 4.39 Å². The van der Waals surface area contributed by atoms with Gasteiger partial charge in [-0.15, -0.1) is 0 Å². The zero-order chi connectivity index (χ0) is 29.8. The van der Waals surface area contributed by atoms with Gasteiger partial charge in [-0.25, -0.2) is 14.2 Å². The van der Waals surface area contributed by atoms with E-state index in [4.69, 9.17) is 14.2 Å². The molecule has 4 aromatic rings. The monoisotopic (exact) mass is 586 g/mol. The zero-order valence-corrected chi connectivity index (χ0v) is 24.6. The first-order valence-electron chi connectivity index (χ1n) is 13.7. The van der Waals surface area contributed by atoms with Crippen LogP contribution in [-0.4, -0.2) is 23.2 Å². The molecule has 0 aliphatic carbocycles. The Labute approximate surface area is 246 Å². The molecule has 0 saturated carbocycles. The first-order valence-corrected chi connectivity index (χ1v) is 14.5. The molecule has 3 aromatic carbocycles. The van der Waals surface area contributed by atoms with E-state index in [0.29, 0.717) is 44.3 Å². The van der Waals surface area contributed by atoms with E-state index in [2.05, 4.69) is 4.99 Å². The predicted molar refractivity (Wildman–Crippen MR) is 160 cm³/mol. The molecule has 216 valence electrons. The fourth-order valence-corrected chi connectivity index (χ4v) is 5.76. The molecule has 0 unspecified atom stereocenters. The highest BCUT2D eigenvalue weighted by atomic mass is 32.1. The third kappa shape index (κ3) is 6.21. The van der Waals surface area contributed by atoms with Crippen LogP contribution in [0.2, 0.25) is 0 Å². The molecule has 7 nitrogen and oxygen atoms in total. The van der Waals surface area contributed by atoms with Gasteiger partial charge in [0.05, 0.1) is 28.5 Å². The highest BCUT2D eigenvalue weighted by molar-refractivity contribution is 7.07. The van der Waals surface area contributed by atoms with Crippen molar-refractivity contribution in [3.8, 4) is 11.5 Å². The third-order valence-corrected chi connectivity index (χ3v) is 7.57. The Kier molecular flexibility index (Phi) is 8.68. The van der Waals surface area contributed by atoms with Gasteiger partial charge in [0, 0.05) is 5.56 Å². The van der Waals surface area contributed by atoms with Gasteiger partial charge in [0.25, 0.3) is 5.56 Å². The quantitative estimate of drug-likeness (QED) is 0.249. The van der Waals surface area contributed by atoms with E-state index in [9.17, 15) is 14.0 Å². The van der Waals surface area contributed by atoms with Crippen molar-refractivity contribution < 1.29 is 23.4 Å². The van der Waals surface area contributed by atoms with Gasteiger partial charge in [-0.05, 0) is 75.2 Å². The Hall–Kier alpha value is -4.50. The standard InChI is InChI=1S/C33H31FN2O5S/c1-5-39-32(38)29-21(4)35-33-36(30(29)26-8-6-7-9-27(26)41-20(2)3)31(37)28(42-33)18-22-12-16-25(17-13-22)40-19-23-10-14-24(34)15-11-23/h6-18,20,30H,5,19H2,1-4H3/b28-18+/t30-/m0/s1. The van der Waals surface area contributed by atoms with Gasteiger partial charge < -0.3 is 14.2 Å². The summed E-state index contributed by atoms with van der Waals surface area (Å²) in [4.78, 5) is 32.3. The Morgan fingerprint density at radius 2 is 1.79 bits per heavy atom. The number of thiazole rings is 1. The predicted octanol–water partition coefficient (Wildman–Crippen LogP) is 5.30. The molecule has 1 aliphatic heterocycles. The molecule has 0 amide bonds. The van der Waals surface area contributed by atoms with Crippen molar-refractivity contribution in [2.24, 2.45) is 4.99 Å². The summed E-state index contributed by atoms with van der Waals surface area (Å²) in [7, 11) is 0. The van der Waals surface area contributed by atoms with Crippen molar-refractivity contribution in [2.75, 3.05) is 6.61 Å². The second-order valence-electron chi connectivity index (χ2n) is 9.99. The molecule has 9 heteroatoms. The molecule has 1 aromatic heterocycles. The minimum Gasteiger partial charge on any atom is -0.491 e. The number of allylic oxidation sites excluding steroid dienone is 1. The lowest BCUT2D eigenvalue weighted by Gasteiger charge is -2.26. The lowest BCUT2D eigenvalue weighted by atomic mass is 9.95. The number of rotatable bonds is 9. The average Bonchev–Trinajstić information content (AvgIpc) is 3.27. The summed E-state index contributed by atoms with van der Waals surface area (Å²) in [6.45, 7) is 7.85. The van der Waals surface area contributed by atoms with E-state index in [-0.39, 0.29) is 24.1 Å². The zero-order valence-electron chi connectivity index (χ0n) is 23.8. The fourth-order valence-electron chi connectivity index (χ4n) is 4.71. The number of aromatic nitrogens is 1. The number of para-hydroxylation sites is 1. The van der Waals surface area contributed by atoms with Crippen molar-refractivity contribution in [1.29, 1.82) is 0 Å². The van der Waals surface area contributed by atoms with Crippen LogP contribution in [0.15, 0.2) is 93.9 Å². The van der Waals surface area contributed by atoms with Crippen molar-refractivity contribution >= 4 is 23.4 Å². The van der Waals surface area contributed by atoms with E-state index in [1.807, 2.05) is 62.4 Å². The number of fused-ring (bicyclic) bond motifs is 1. The molecule has 5 rings (SSSR count). The number of esters is 1. The molecule has 0 spiro atoms.